The molecular formula is C19H22O4. The molecule has 4 nitrogen and oxygen atoms in total. The summed E-state index contributed by atoms with van der Waals surface area (Å²) in [7, 11) is 0. The molecule has 0 aliphatic carbocycles. The first-order chi connectivity index (χ1) is 11.1. The largest absolute Gasteiger partial charge is 0.490 e. The number of benzene rings is 2. The third-order valence-corrected chi connectivity index (χ3v) is 3.58. The standard InChI is InChI=1S/C19H22O4/c1-3-22-18-12-15(9-11-19(20)21)8-10-17(18)23-13-16-7-5-4-6-14(16)2/h4-8,10,12H,3,9,11,13H2,1-2H3,(H,20,21). The fourth-order valence-electron chi connectivity index (χ4n) is 2.27. The number of rotatable bonds is 8. The first-order valence-electron chi connectivity index (χ1n) is 7.75. The first kappa shape index (κ1) is 16.9. The minimum absolute atomic E-state index is 0.106. The van der Waals surface area contributed by atoms with Gasteiger partial charge in [-0.3, -0.25) is 4.79 Å². The summed E-state index contributed by atoms with van der Waals surface area (Å²) in [4.78, 5) is 10.7. The van der Waals surface area contributed by atoms with Crippen molar-refractivity contribution in [3.63, 3.8) is 0 Å². The van der Waals surface area contributed by atoms with Gasteiger partial charge in [0.2, 0.25) is 0 Å². The van der Waals surface area contributed by atoms with Gasteiger partial charge in [-0.15, -0.1) is 0 Å². The van der Waals surface area contributed by atoms with E-state index in [4.69, 9.17) is 14.6 Å². The molecule has 0 aromatic heterocycles. The Morgan fingerprint density at radius 3 is 2.57 bits per heavy atom. The number of aryl methyl sites for hydroxylation is 2. The Balaban J connectivity index is 2.10. The van der Waals surface area contributed by atoms with Crippen LogP contribution in [0.4, 0.5) is 0 Å². The zero-order valence-corrected chi connectivity index (χ0v) is 13.5. The van der Waals surface area contributed by atoms with Crippen molar-refractivity contribution in [2.45, 2.75) is 33.3 Å². The molecule has 0 saturated carbocycles. The highest BCUT2D eigenvalue weighted by atomic mass is 16.5. The van der Waals surface area contributed by atoms with Crippen LogP contribution < -0.4 is 9.47 Å². The van der Waals surface area contributed by atoms with Gasteiger partial charge in [-0.05, 0) is 49.1 Å². The van der Waals surface area contributed by atoms with Gasteiger partial charge in [-0.1, -0.05) is 30.3 Å². The normalized spacial score (nSPS) is 10.3. The van der Waals surface area contributed by atoms with Crippen LogP contribution in [0.15, 0.2) is 42.5 Å². The molecule has 0 amide bonds. The van der Waals surface area contributed by atoms with Crippen molar-refractivity contribution in [3.05, 3.63) is 59.2 Å². The van der Waals surface area contributed by atoms with Gasteiger partial charge in [0.25, 0.3) is 0 Å². The lowest BCUT2D eigenvalue weighted by Gasteiger charge is -2.14. The molecule has 122 valence electrons. The Morgan fingerprint density at radius 2 is 1.87 bits per heavy atom. The fraction of sp³-hybridized carbons (Fsp3) is 0.316. The number of aliphatic carboxylic acids is 1. The molecule has 0 heterocycles. The highest BCUT2D eigenvalue weighted by Crippen LogP contribution is 2.30. The fourth-order valence-corrected chi connectivity index (χ4v) is 2.27. The predicted molar refractivity (Wildman–Crippen MR) is 89.1 cm³/mol. The van der Waals surface area contributed by atoms with Gasteiger partial charge in [-0.2, -0.15) is 0 Å². The molecule has 2 aromatic carbocycles. The van der Waals surface area contributed by atoms with E-state index in [0.717, 1.165) is 11.1 Å². The van der Waals surface area contributed by atoms with E-state index in [-0.39, 0.29) is 6.42 Å². The number of ether oxygens (including phenoxy) is 2. The summed E-state index contributed by atoms with van der Waals surface area (Å²) in [5.74, 6) is 0.529. The third-order valence-electron chi connectivity index (χ3n) is 3.58. The van der Waals surface area contributed by atoms with E-state index in [1.165, 1.54) is 5.56 Å². The van der Waals surface area contributed by atoms with Crippen molar-refractivity contribution in [2.24, 2.45) is 0 Å². The number of carboxylic acid groups (broad SMARTS) is 1. The van der Waals surface area contributed by atoms with E-state index in [0.29, 0.717) is 31.1 Å². The van der Waals surface area contributed by atoms with Gasteiger partial charge < -0.3 is 14.6 Å². The van der Waals surface area contributed by atoms with Gasteiger partial charge in [0, 0.05) is 6.42 Å². The molecule has 0 unspecified atom stereocenters. The minimum Gasteiger partial charge on any atom is -0.490 e. The minimum atomic E-state index is -0.803. The van der Waals surface area contributed by atoms with Crippen LogP contribution in [0.1, 0.15) is 30.0 Å². The molecule has 23 heavy (non-hydrogen) atoms. The summed E-state index contributed by atoms with van der Waals surface area (Å²) in [5.41, 5.74) is 3.24. The molecular weight excluding hydrogens is 292 g/mol. The Morgan fingerprint density at radius 1 is 1.09 bits per heavy atom. The monoisotopic (exact) mass is 314 g/mol. The maximum atomic E-state index is 10.7. The zero-order valence-electron chi connectivity index (χ0n) is 13.5. The van der Waals surface area contributed by atoms with Crippen molar-refractivity contribution in [1.82, 2.24) is 0 Å². The van der Waals surface area contributed by atoms with Crippen LogP contribution >= 0.6 is 0 Å². The van der Waals surface area contributed by atoms with Crippen molar-refractivity contribution in [2.75, 3.05) is 6.61 Å². The second-order valence-electron chi connectivity index (χ2n) is 5.32. The van der Waals surface area contributed by atoms with E-state index >= 15 is 0 Å². The summed E-state index contributed by atoms with van der Waals surface area (Å²) in [5, 5.41) is 8.78. The lowest BCUT2D eigenvalue weighted by Crippen LogP contribution is -2.02. The van der Waals surface area contributed by atoms with Crippen molar-refractivity contribution < 1.29 is 19.4 Å². The van der Waals surface area contributed by atoms with Gasteiger partial charge in [-0.25, -0.2) is 0 Å². The summed E-state index contributed by atoms with van der Waals surface area (Å²) < 4.78 is 11.5. The number of hydrogen-bond donors (Lipinski definition) is 1. The van der Waals surface area contributed by atoms with Crippen molar-refractivity contribution >= 4 is 5.97 Å². The topological polar surface area (TPSA) is 55.8 Å². The molecule has 2 aromatic rings. The zero-order chi connectivity index (χ0) is 16.7. The molecule has 0 radical (unpaired) electrons. The molecule has 0 spiro atoms. The Kier molecular flexibility index (Phi) is 6.03. The Hall–Kier alpha value is -2.49. The number of carboxylic acids is 1. The smallest absolute Gasteiger partial charge is 0.303 e. The molecule has 4 heteroatoms. The lowest BCUT2D eigenvalue weighted by molar-refractivity contribution is -0.136. The molecule has 0 bridgehead atoms. The summed E-state index contributed by atoms with van der Waals surface area (Å²) in [6.45, 7) is 4.97. The van der Waals surface area contributed by atoms with Crippen LogP contribution in [0.2, 0.25) is 0 Å². The van der Waals surface area contributed by atoms with Crippen LogP contribution in [-0.2, 0) is 17.8 Å². The Bertz CT molecular complexity index is 664. The van der Waals surface area contributed by atoms with E-state index < -0.39 is 5.97 Å². The molecule has 0 saturated heterocycles. The number of carbonyl (C=O) groups is 1. The van der Waals surface area contributed by atoms with Gasteiger partial charge >= 0.3 is 5.97 Å². The van der Waals surface area contributed by atoms with E-state index in [9.17, 15) is 4.79 Å². The second-order valence-corrected chi connectivity index (χ2v) is 5.32. The van der Waals surface area contributed by atoms with Crippen LogP contribution in [0.25, 0.3) is 0 Å². The van der Waals surface area contributed by atoms with Gasteiger partial charge in [0.05, 0.1) is 6.61 Å². The summed E-state index contributed by atoms with van der Waals surface area (Å²) in [6, 6.07) is 13.7. The molecule has 2 rings (SSSR count). The summed E-state index contributed by atoms with van der Waals surface area (Å²) >= 11 is 0. The van der Waals surface area contributed by atoms with Gasteiger partial charge in [0.1, 0.15) is 6.61 Å². The SMILES string of the molecule is CCOc1cc(CCC(=O)O)ccc1OCc1ccccc1C. The quantitative estimate of drug-likeness (QED) is 0.800. The van der Waals surface area contributed by atoms with E-state index in [1.807, 2.05) is 43.3 Å². The highest BCUT2D eigenvalue weighted by molar-refractivity contribution is 5.67. The molecule has 1 N–H and O–H groups in total. The maximum absolute atomic E-state index is 10.7. The average molecular weight is 314 g/mol. The third kappa shape index (κ3) is 5.02. The molecule has 0 fully saturated rings. The van der Waals surface area contributed by atoms with Crippen LogP contribution in [0.5, 0.6) is 11.5 Å². The molecule has 0 aliphatic rings. The molecule has 0 atom stereocenters. The van der Waals surface area contributed by atoms with Crippen LogP contribution in [0.3, 0.4) is 0 Å². The molecule has 0 aliphatic heterocycles. The van der Waals surface area contributed by atoms with E-state index in [1.54, 1.807) is 0 Å². The van der Waals surface area contributed by atoms with Gasteiger partial charge in [0.15, 0.2) is 11.5 Å². The average Bonchev–Trinajstić information content (AvgIpc) is 2.53. The number of hydrogen-bond acceptors (Lipinski definition) is 3. The summed E-state index contributed by atoms with van der Waals surface area (Å²) in [6.07, 6.45) is 0.586. The second kappa shape index (κ2) is 8.22. The first-order valence-corrected chi connectivity index (χ1v) is 7.75. The van der Waals surface area contributed by atoms with Crippen molar-refractivity contribution in [3.8, 4) is 11.5 Å². The van der Waals surface area contributed by atoms with E-state index in [2.05, 4.69) is 13.0 Å². The van der Waals surface area contributed by atoms with Crippen molar-refractivity contribution in [1.29, 1.82) is 0 Å². The highest BCUT2D eigenvalue weighted by Gasteiger charge is 2.09. The maximum Gasteiger partial charge on any atom is 0.303 e. The van der Waals surface area contributed by atoms with Crippen LogP contribution in [0, 0.1) is 6.92 Å². The van der Waals surface area contributed by atoms with Crippen LogP contribution in [-0.4, -0.2) is 17.7 Å². The Labute approximate surface area is 136 Å². The predicted octanol–water partition coefficient (Wildman–Crippen LogP) is 3.99. The lowest BCUT2D eigenvalue weighted by atomic mass is 10.1.